The van der Waals surface area contributed by atoms with Crippen LogP contribution in [0.15, 0.2) is 18.5 Å². The van der Waals surface area contributed by atoms with Gasteiger partial charge in [0.25, 0.3) is 5.91 Å². The zero-order valence-corrected chi connectivity index (χ0v) is 12.2. The molecule has 1 heterocycles. The van der Waals surface area contributed by atoms with Crippen LogP contribution in [0, 0.1) is 0 Å². The van der Waals surface area contributed by atoms with E-state index in [-0.39, 0.29) is 18.9 Å². The van der Waals surface area contributed by atoms with Gasteiger partial charge >= 0.3 is 5.97 Å². The predicted molar refractivity (Wildman–Crippen MR) is 73.8 cm³/mol. The van der Waals surface area contributed by atoms with Crippen molar-refractivity contribution in [2.24, 2.45) is 0 Å². The number of nitrogens with zero attached hydrogens (tertiary/aromatic N) is 2. The van der Waals surface area contributed by atoms with Gasteiger partial charge in [-0.05, 0) is 26.8 Å². The highest BCUT2D eigenvalue weighted by molar-refractivity contribution is 5.97. The predicted octanol–water partition coefficient (Wildman–Crippen LogP) is 1.81. The number of carboxylic acid groups (broad SMARTS) is 1. The lowest BCUT2D eigenvalue weighted by Gasteiger charge is -2.35. The number of rotatable bonds is 5. The van der Waals surface area contributed by atoms with E-state index in [0.717, 1.165) is 0 Å². The van der Waals surface area contributed by atoms with Crippen molar-refractivity contribution in [1.29, 1.82) is 0 Å². The topological polar surface area (TPSA) is 79.7 Å². The van der Waals surface area contributed by atoms with Crippen LogP contribution in [0.25, 0.3) is 0 Å². The highest BCUT2D eigenvalue weighted by Gasteiger charge is 2.29. The lowest BCUT2D eigenvalue weighted by molar-refractivity contribution is -0.137. The second-order valence-electron chi connectivity index (χ2n) is 5.35. The largest absolute Gasteiger partial charge is 0.494 e. The smallest absolute Gasteiger partial charge is 0.305 e. The third kappa shape index (κ3) is 3.94. The van der Waals surface area contributed by atoms with Crippen molar-refractivity contribution in [3.8, 4) is 5.75 Å². The van der Waals surface area contributed by atoms with Crippen molar-refractivity contribution in [2.75, 3.05) is 13.7 Å². The molecule has 1 N–H and O–H groups in total. The molecular weight excluding hydrogens is 260 g/mol. The maximum atomic E-state index is 12.6. The molecule has 0 spiro atoms. The molecule has 1 amide bonds. The molecule has 0 bridgehead atoms. The van der Waals surface area contributed by atoms with Gasteiger partial charge in [-0.15, -0.1) is 0 Å². The van der Waals surface area contributed by atoms with Crippen LogP contribution in [0.5, 0.6) is 5.75 Å². The number of hydrogen-bond acceptors (Lipinski definition) is 4. The normalized spacial score (nSPS) is 11.0. The van der Waals surface area contributed by atoms with Crippen LogP contribution in [-0.2, 0) is 4.79 Å². The number of aliphatic carboxylic acids is 1. The number of ether oxygens (including phenoxy) is 1. The molecule has 0 saturated carbocycles. The summed E-state index contributed by atoms with van der Waals surface area (Å²) in [6, 6.07) is 1.57. The monoisotopic (exact) mass is 280 g/mol. The average Bonchev–Trinajstić information content (AvgIpc) is 2.36. The molecule has 1 rings (SSSR count). The minimum atomic E-state index is -0.936. The molecule has 20 heavy (non-hydrogen) atoms. The molecule has 0 unspecified atom stereocenters. The molecule has 0 aromatic carbocycles. The maximum Gasteiger partial charge on any atom is 0.305 e. The number of carbonyl (C=O) groups is 2. The Labute approximate surface area is 118 Å². The Kier molecular flexibility index (Phi) is 5.07. The van der Waals surface area contributed by atoms with Gasteiger partial charge in [0.2, 0.25) is 0 Å². The highest BCUT2D eigenvalue weighted by atomic mass is 16.5. The third-order valence-corrected chi connectivity index (χ3v) is 2.84. The molecular formula is C14H20N2O4. The minimum Gasteiger partial charge on any atom is -0.494 e. The molecule has 0 saturated heterocycles. The Morgan fingerprint density at radius 2 is 2.05 bits per heavy atom. The van der Waals surface area contributed by atoms with Gasteiger partial charge in [-0.2, -0.15) is 0 Å². The first-order valence-corrected chi connectivity index (χ1v) is 6.29. The van der Waals surface area contributed by atoms with Crippen molar-refractivity contribution < 1.29 is 19.4 Å². The van der Waals surface area contributed by atoms with Crippen LogP contribution in [-0.4, -0.2) is 46.1 Å². The van der Waals surface area contributed by atoms with Crippen LogP contribution >= 0.6 is 0 Å². The number of carboxylic acids is 1. The molecule has 110 valence electrons. The molecule has 6 nitrogen and oxygen atoms in total. The lowest BCUT2D eigenvalue weighted by Crippen LogP contribution is -2.46. The average molecular weight is 280 g/mol. The van der Waals surface area contributed by atoms with Crippen molar-refractivity contribution >= 4 is 11.9 Å². The second-order valence-corrected chi connectivity index (χ2v) is 5.35. The van der Waals surface area contributed by atoms with Crippen LogP contribution in [0.2, 0.25) is 0 Å². The van der Waals surface area contributed by atoms with Crippen molar-refractivity contribution in [2.45, 2.75) is 32.7 Å². The van der Waals surface area contributed by atoms with Gasteiger partial charge in [-0.25, -0.2) is 0 Å². The minimum absolute atomic E-state index is 0.101. The van der Waals surface area contributed by atoms with Crippen molar-refractivity contribution in [3.05, 3.63) is 24.0 Å². The van der Waals surface area contributed by atoms with E-state index < -0.39 is 11.5 Å². The summed E-state index contributed by atoms with van der Waals surface area (Å²) in [5.41, 5.74) is -0.108. The molecule has 0 fully saturated rings. The SMILES string of the molecule is COc1cnccc1C(=O)N(CCC(=O)O)C(C)(C)C. The highest BCUT2D eigenvalue weighted by Crippen LogP contribution is 2.23. The van der Waals surface area contributed by atoms with Crippen LogP contribution in [0.1, 0.15) is 37.6 Å². The molecule has 1 aromatic rings. The summed E-state index contributed by atoms with van der Waals surface area (Å²) < 4.78 is 5.13. The summed E-state index contributed by atoms with van der Waals surface area (Å²) in [4.78, 5) is 28.8. The Balaban J connectivity index is 3.07. The molecule has 0 aliphatic rings. The van der Waals surface area contributed by atoms with E-state index in [2.05, 4.69) is 4.98 Å². The summed E-state index contributed by atoms with van der Waals surface area (Å²) >= 11 is 0. The quantitative estimate of drug-likeness (QED) is 0.889. The molecule has 6 heteroatoms. The molecule has 0 aliphatic heterocycles. The van der Waals surface area contributed by atoms with Crippen molar-refractivity contribution in [1.82, 2.24) is 9.88 Å². The van der Waals surface area contributed by atoms with E-state index in [1.54, 1.807) is 6.07 Å². The van der Waals surface area contributed by atoms with Gasteiger partial charge in [0, 0.05) is 18.3 Å². The fraction of sp³-hybridized carbons (Fsp3) is 0.500. The van der Waals surface area contributed by atoms with Gasteiger partial charge < -0.3 is 14.7 Å². The summed E-state index contributed by atoms with van der Waals surface area (Å²) in [6.07, 6.45) is 2.87. The second kappa shape index (κ2) is 6.36. The first-order valence-electron chi connectivity index (χ1n) is 6.29. The van der Waals surface area contributed by atoms with Gasteiger partial charge in [-0.3, -0.25) is 14.6 Å². The number of methoxy groups -OCH3 is 1. The van der Waals surface area contributed by atoms with E-state index in [1.807, 2.05) is 20.8 Å². The lowest BCUT2D eigenvalue weighted by atomic mass is 10.0. The fourth-order valence-corrected chi connectivity index (χ4v) is 1.81. The van der Waals surface area contributed by atoms with Crippen LogP contribution < -0.4 is 4.74 Å². The maximum absolute atomic E-state index is 12.6. The first kappa shape index (κ1) is 15.9. The summed E-state index contributed by atoms with van der Waals surface area (Å²) in [7, 11) is 1.46. The Hall–Kier alpha value is -2.11. The third-order valence-electron chi connectivity index (χ3n) is 2.84. The van der Waals surface area contributed by atoms with Crippen LogP contribution in [0.4, 0.5) is 0 Å². The Bertz CT molecular complexity index is 494. The summed E-state index contributed by atoms with van der Waals surface area (Å²) in [6.45, 7) is 5.73. The molecule has 0 atom stereocenters. The zero-order valence-electron chi connectivity index (χ0n) is 12.2. The Morgan fingerprint density at radius 1 is 1.40 bits per heavy atom. The molecule has 1 aromatic heterocycles. The zero-order chi connectivity index (χ0) is 15.3. The van der Waals surface area contributed by atoms with Crippen LogP contribution in [0.3, 0.4) is 0 Å². The van der Waals surface area contributed by atoms with E-state index in [1.165, 1.54) is 24.4 Å². The fourth-order valence-electron chi connectivity index (χ4n) is 1.81. The standard InChI is InChI=1S/C14H20N2O4/c1-14(2,3)16(8-6-12(17)18)13(19)10-5-7-15-9-11(10)20-4/h5,7,9H,6,8H2,1-4H3,(H,17,18). The van der Waals surface area contributed by atoms with E-state index in [0.29, 0.717) is 11.3 Å². The number of hydrogen-bond donors (Lipinski definition) is 1. The number of amides is 1. The van der Waals surface area contributed by atoms with Gasteiger partial charge in [0.15, 0.2) is 0 Å². The number of carbonyl (C=O) groups excluding carboxylic acids is 1. The molecule has 0 radical (unpaired) electrons. The van der Waals surface area contributed by atoms with Gasteiger partial charge in [-0.1, -0.05) is 0 Å². The first-order chi connectivity index (χ1) is 9.27. The number of pyridine rings is 1. The molecule has 0 aliphatic carbocycles. The summed E-state index contributed by atoms with van der Waals surface area (Å²) in [5.74, 6) is -0.825. The van der Waals surface area contributed by atoms with Gasteiger partial charge in [0.1, 0.15) is 5.75 Å². The van der Waals surface area contributed by atoms with E-state index in [9.17, 15) is 9.59 Å². The van der Waals surface area contributed by atoms with Gasteiger partial charge in [0.05, 0.1) is 25.3 Å². The van der Waals surface area contributed by atoms with Crippen molar-refractivity contribution in [3.63, 3.8) is 0 Å². The Morgan fingerprint density at radius 3 is 2.55 bits per heavy atom. The van der Waals surface area contributed by atoms with E-state index >= 15 is 0 Å². The van der Waals surface area contributed by atoms with E-state index in [4.69, 9.17) is 9.84 Å². The number of aromatic nitrogens is 1. The summed E-state index contributed by atoms with van der Waals surface area (Å²) in [5, 5.41) is 8.81.